The number of hydrogen-bond donors (Lipinski definition) is 3. The van der Waals surface area contributed by atoms with Crippen molar-refractivity contribution in [3.05, 3.63) is 83.6 Å². The Morgan fingerprint density at radius 3 is 2.66 bits per heavy atom. The number of hydrogen-bond acceptors (Lipinski definition) is 6. The molecule has 0 saturated heterocycles. The van der Waals surface area contributed by atoms with E-state index >= 15 is 0 Å². The molecular formula is C27H26N4O4. The quantitative estimate of drug-likeness (QED) is 0.364. The van der Waals surface area contributed by atoms with Crippen LogP contribution in [0.3, 0.4) is 0 Å². The number of para-hydroxylation sites is 2. The van der Waals surface area contributed by atoms with Crippen LogP contribution < -0.4 is 20.1 Å². The van der Waals surface area contributed by atoms with Crippen molar-refractivity contribution in [3.63, 3.8) is 0 Å². The van der Waals surface area contributed by atoms with E-state index in [0.29, 0.717) is 41.0 Å². The predicted octanol–water partition coefficient (Wildman–Crippen LogP) is 5.08. The first-order valence-electron chi connectivity index (χ1n) is 11.4. The van der Waals surface area contributed by atoms with Crippen LogP contribution in [0, 0.1) is 0 Å². The van der Waals surface area contributed by atoms with Crippen LogP contribution >= 0.6 is 0 Å². The van der Waals surface area contributed by atoms with Gasteiger partial charge >= 0.3 is 0 Å². The number of benzene rings is 3. The summed E-state index contributed by atoms with van der Waals surface area (Å²) in [7, 11) is 1.60. The van der Waals surface area contributed by atoms with E-state index in [1.54, 1.807) is 49.6 Å². The fraction of sp³-hybridized carbons (Fsp3) is 0.185. The maximum Gasteiger partial charge on any atom is 0.255 e. The van der Waals surface area contributed by atoms with Crippen LogP contribution in [-0.4, -0.2) is 34.3 Å². The van der Waals surface area contributed by atoms with E-state index in [-0.39, 0.29) is 11.7 Å². The topological polar surface area (TPSA) is 97.6 Å². The molecule has 3 aromatic carbocycles. The zero-order chi connectivity index (χ0) is 24.5. The summed E-state index contributed by atoms with van der Waals surface area (Å²) in [5, 5.41) is 16.6. The number of rotatable bonds is 6. The number of amides is 1. The standard InChI is InChI=1S/C27H26N4O4/c1-4-35-23-15-17(9-14-22(23)32)25-24(26(33)29-18-10-12-19(34-3)13-11-18)16(2)28-27-30-20-7-5-6-8-21(20)31(25)27/h5-15,25,32H,4H2,1-3H3,(H,28,30)(H,29,33). The fourth-order valence-corrected chi connectivity index (χ4v) is 4.42. The summed E-state index contributed by atoms with van der Waals surface area (Å²) >= 11 is 0. The third-order valence-corrected chi connectivity index (χ3v) is 6.02. The molecule has 1 aliphatic rings. The van der Waals surface area contributed by atoms with E-state index in [9.17, 15) is 9.90 Å². The van der Waals surface area contributed by atoms with Crippen LogP contribution in [0.2, 0.25) is 0 Å². The van der Waals surface area contributed by atoms with Crippen LogP contribution in [0.15, 0.2) is 78.0 Å². The number of phenolic OH excluding ortho intramolecular Hbond substituents is 1. The molecule has 0 saturated carbocycles. The van der Waals surface area contributed by atoms with E-state index in [0.717, 1.165) is 16.6 Å². The molecule has 0 aliphatic carbocycles. The molecule has 1 aliphatic heterocycles. The molecule has 178 valence electrons. The minimum Gasteiger partial charge on any atom is -0.504 e. The Hall–Kier alpha value is -4.46. The molecule has 35 heavy (non-hydrogen) atoms. The van der Waals surface area contributed by atoms with Gasteiger partial charge in [-0.2, -0.15) is 0 Å². The Morgan fingerprint density at radius 2 is 1.91 bits per heavy atom. The number of carbonyl (C=O) groups excluding carboxylic acids is 1. The van der Waals surface area contributed by atoms with E-state index in [1.165, 1.54) is 0 Å². The second kappa shape index (κ2) is 9.06. The molecule has 4 aromatic rings. The summed E-state index contributed by atoms with van der Waals surface area (Å²) < 4.78 is 12.9. The van der Waals surface area contributed by atoms with Gasteiger partial charge in [0.05, 0.1) is 36.4 Å². The number of nitrogens with one attached hydrogen (secondary N) is 2. The number of aromatic hydroxyl groups is 1. The third-order valence-electron chi connectivity index (χ3n) is 6.02. The minimum absolute atomic E-state index is 0.0465. The van der Waals surface area contributed by atoms with E-state index in [2.05, 4.69) is 10.6 Å². The molecule has 0 spiro atoms. The normalized spacial score (nSPS) is 14.9. The number of anilines is 2. The minimum atomic E-state index is -0.503. The molecule has 8 heteroatoms. The van der Waals surface area contributed by atoms with Gasteiger partial charge in [-0.05, 0) is 67.9 Å². The Labute approximate surface area is 202 Å². The molecule has 8 nitrogen and oxygen atoms in total. The van der Waals surface area contributed by atoms with Gasteiger partial charge in [0.15, 0.2) is 11.5 Å². The van der Waals surface area contributed by atoms with Gasteiger partial charge in [0.25, 0.3) is 5.91 Å². The lowest BCUT2D eigenvalue weighted by atomic mass is 9.94. The van der Waals surface area contributed by atoms with Crippen LogP contribution in [0.1, 0.15) is 25.5 Å². The molecular weight excluding hydrogens is 444 g/mol. The number of ether oxygens (including phenoxy) is 2. The molecule has 3 N–H and O–H groups in total. The number of allylic oxidation sites excluding steroid dienone is 1. The molecule has 1 amide bonds. The highest BCUT2D eigenvalue weighted by atomic mass is 16.5. The highest BCUT2D eigenvalue weighted by Gasteiger charge is 2.34. The summed E-state index contributed by atoms with van der Waals surface area (Å²) in [6.07, 6.45) is 0. The number of fused-ring (bicyclic) bond motifs is 3. The predicted molar refractivity (Wildman–Crippen MR) is 135 cm³/mol. The van der Waals surface area contributed by atoms with Crippen molar-refractivity contribution in [2.45, 2.75) is 19.9 Å². The van der Waals surface area contributed by atoms with Gasteiger partial charge in [-0.1, -0.05) is 18.2 Å². The average Bonchev–Trinajstić information content (AvgIpc) is 3.23. The first-order valence-corrected chi connectivity index (χ1v) is 11.4. The maximum atomic E-state index is 13.7. The van der Waals surface area contributed by atoms with E-state index < -0.39 is 6.04 Å². The van der Waals surface area contributed by atoms with Crippen LogP contribution in [0.4, 0.5) is 11.6 Å². The van der Waals surface area contributed by atoms with Crippen molar-refractivity contribution in [1.29, 1.82) is 0 Å². The Kier molecular flexibility index (Phi) is 5.78. The van der Waals surface area contributed by atoms with Crippen LogP contribution in [0.25, 0.3) is 11.0 Å². The number of phenols is 1. The lowest BCUT2D eigenvalue weighted by Crippen LogP contribution is -2.31. The molecule has 0 radical (unpaired) electrons. The summed E-state index contributed by atoms with van der Waals surface area (Å²) in [5.41, 5.74) is 4.36. The molecule has 0 bridgehead atoms. The van der Waals surface area contributed by atoms with Gasteiger partial charge in [0, 0.05) is 11.4 Å². The number of imidazole rings is 1. The van der Waals surface area contributed by atoms with E-state index in [4.69, 9.17) is 14.5 Å². The van der Waals surface area contributed by atoms with Gasteiger partial charge in [-0.15, -0.1) is 0 Å². The van der Waals surface area contributed by atoms with Gasteiger partial charge < -0.3 is 25.2 Å². The highest BCUT2D eigenvalue weighted by Crippen LogP contribution is 2.41. The molecule has 2 heterocycles. The fourth-order valence-electron chi connectivity index (χ4n) is 4.42. The number of aromatic nitrogens is 2. The van der Waals surface area contributed by atoms with Crippen LogP contribution in [-0.2, 0) is 4.79 Å². The van der Waals surface area contributed by atoms with Gasteiger partial charge in [0.2, 0.25) is 5.95 Å². The summed E-state index contributed by atoms with van der Waals surface area (Å²) in [4.78, 5) is 18.5. The van der Waals surface area contributed by atoms with Crippen molar-refractivity contribution in [2.75, 3.05) is 24.4 Å². The van der Waals surface area contributed by atoms with Crippen molar-refractivity contribution in [3.8, 4) is 17.2 Å². The zero-order valence-electron chi connectivity index (χ0n) is 19.7. The second-order valence-corrected chi connectivity index (χ2v) is 8.20. The molecule has 1 atom stereocenters. The zero-order valence-corrected chi connectivity index (χ0v) is 19.7. The van der Waals surface area contributed by atoms with Gasteiger partial charge in [-0.3, -0.25) is 9.36 Å². The Morgan fingerprint density at radius 1 is 1.14 bits per heavy atom. The lowest BCUT2D eigenvalue weighted by molar-refractivity contribution is -0.113. The molecule has 0 fully saturated rings. The lowest BCUT2D eigenvalue weighted by Gasteiger charge is -2.31. The summed E-state index contributed by atoms with van der Waals surface area (Å²) in [6.45, 7) is 4.13. The Balaban J connectivity index is 1.64. The number of nitrogens with zero attached hydrogens (tertiary/aromatic N) is 2. The van der Waals surface area contributed by atoms with Crippen molar-refractivity contribution < 1.29 is 19.4 Å². The summed E-state index contributed by atoms with van der Waals surface area (Å²) in [6, 6.07) is 19.6. The first kappa shape index (κ1) is 22.3. The van der Waals surface area contributed by atoms with Crippen molar-refractivity contribution in [1.82, 2.24) is 9.55 Å². The number of carbonyl (C=O) groups is 1. The highest BCUT2D eigenvalue weighted by molar-refractivity contribution is 6.06. The SMILES string of the molecule is CCOc1cc(C2C(C(=O)Nc3ccc(OC)cc3)=C(C)Nc3nc4ccccc4n32)ccc1O. The van der Waals surface area contributed by atoms with Crippen LogP contribution in [0.5, 0.6) is 17.2 Å². The largest absolute Gasteiger partial charge is 0.504 e. The molecule has 5 rings (SSSR count). The monoisotopic (exact) mass is 470 g/mol. The molecule has 1 aromatic heterocycles. The Bertz CT molecular complexity index is 1440. The summed E-state index contributed by atoms with van der Waals surface area (Å²) in [5.74, 6) is 1.50. The van der Waals surface area contributed by atoms with Crippen molar-refractivity contribution in [2.24, 2.45) is 0 Å². The average molecular weight is 471 g/mol. The first-order chi connectivity index (χ1) is 17.0. The third kappa shape index (κ3) is 4.03. The van der Waals surface area contributed by atoms with Gasteiger partial charge in [0.1, 0.15) is 5.75 Å². The second-order valence-electron chi connectivity index (χ2n) is 8.20. The van der Waals surface area contributed by atoms with Crippen molar-refractivity contribution >= 4 is 28.6 Å². The number of methoxy groups -OCH3 is 1. The maximum absolute atomic E-state index is 13.7. The molecule has 1 unspecified atom stereocenters. The van der Waals surface area contributed by atoms with E-state index in [1.807, 2.05) is 42.7 Å². The smallest absolute Gasteiger partial charge is 0.255 e. The van der Waals surface area contributed by atoms with Gasteiger partial charge in [-0.25, -0.2) is 4.98 Å².